The van der Waals surface area contributed by atoms with Crippen molar-refractivity contribution in [3.63, 3.8) is 0 Å². The van der Waals surface area contributed by atoms with Crippen molar-refractivity contribution in [2.75, 3.05) is 0 Å². The molecule has 0 aliphatic heterocycles. The number of aromatic nitrogens is 5. The van der Waals surface area contributed by atoms with Gasteiger partial charge in [0.25, 0.3) is 0 Å². The van der Waals surface area contributed by atoms with Gasteiger partial charge in [-0.05, 0) is 70.4 Å². The van der Waals surface area contributed by atoms with Gasteiger partial charge in [-0.15, -0.1) is 0 Å². The largest absolute Gasteiger partial charge is 0.309 e. The van der Waals surface area contributed by atoms with Crippen LogP contribution >= 0.6 is 0 Å². The summed E-state index contributed by atoms with van der Waals surface area (Å²) in [6, 6.07) is 66.4. The second kappa shape index (κ2) is 12.1. The average Bonchev–Trinajstić information content (AvgIpc) is 3.74. The Morgan fingerprint density at radius 1 is 0.296 bits per heavy atom. The smallest absolute Gasteiger partial charge is 0.238 e. The first kappa shape index (κ1) is 30.3. The van der Waals surface area contributed by atoms with Gasteiger partial charge in [-0.1, -0.05) is 140 Å². The molecule has 0 N–H and O–H groups in total. The van der Waals surface area contributed by atoms with Crippen LogP contribution in [0.15, 0.2) is 188 Å². The predicted molar refractivity (Wildman–Crippen MR) is 222 cm³/mol. The number of benzene rings is 8. The fraction of sp³-hybridized carbons (Fsp3) is 0. The molecule has 3 heterocycles. The highest BCUT2D eigenvalue weighted by atomic mass is 15.2. The SMILES string of the molecule is c1ccc(-c2cccc(-n3c4ccccc4c4cc5cc6c(cc5cc43)c3ccccc3n6-c3nc(-c4ccccc4)nc(-c4ccccc4)n3)c2)cc1. The van der Waals surface area contributed by atoms with E-state index < -0.39 is 0 Å². The molecule has 0 saturated carbocycles. The third kappa shape index (κ3) is 4.83. The molecule has 0 aliphatic carbocycles. The Balaban J connectivity index is 1.17. The van der Waals surface area contributed by atoms with Crippen molar-refractivity contribution in [2.24, 2.45) is 0 Å². The molecular formula is C49H31N5. The van der Waals surface area contributed by atoms with Gasteiger partial charge in [0.15, 0.2) is 11.6 Å². The summed E-state index contributed by atoms with van der Waals surface area (Å²) in [5, 5.41) is 7.05. The van der Waals surface area contributed by atoms with Crippen LogP contribution in [-0.2, 0) is 0 Å². The summed E-state index contributed by atoms with van der Waals surface area (Å²) in [6.45, 7) is 0. The summed E-state index contributed by atoms with van der Waals surface area (Å²) >= 11 is 0. The van der Waals surface area contributed by atoms with Crippen LogP contribution in [0.2, 0.25) is 0 Å². The summed E-state index contributed by atoms with van der Waals surface area (Å²) in [7, 11) is 0. The molecule has 0 spiro atoms. The quantitative estimate of drug-likeness (QED) is 0.181. The molecule has 252 valence electrons. The molecule has 0 atom stereocenters. The van der Waals surface area contributed by atoms with Gasteiger partial charge in [0.05, 0.1) is 22.1 Å². The lowest BCUT2D eigenvalue weighted by molar-refractivity contribution is 0.954. The van der Waals surface area contributed by atoms with E-state index in [0.29, 0.717) is 17.6 Å². The molecule has 0 aliphatic rings. The molecule has 0 bridgehead atoms. The molecule has 5 nitrogen and oxygen atoms in total. The Kier molecular flexibility index (Phi) is 6.79. The molecule has 5 heteroatoms. The maximum absolute atomic E-state index is 5.15. The van der Waals surface area contributed by atoms with Crippen LogP contribution in [0, 0.1) is 0 Å². The number of rotatable bonds is 5. The van der Waals surface area contributed by atoms with Gasteiger partial charge < -0.3 is 4.57 Å². The Morgan fingerprint density at radius 3 is 1.33 bits per heavy atom. The van der Waals surface area contributed by atoms with Gasteiger partial charge in [0.1, 0.15) is 0 Å². The van der Waals surface area contributed by atoms with E-state index in [2.05, 4.69) is 137 Å². The molecule has 0 radical (unpaired) electrons. The van der Waals surface area contributed by atoms with Crippen molar-refractivity contribution < 1.29 is 0 Å². The normalized spacial score (nSPS) is 11.7. The zero-order valence-electron chi connectivity index (χ0n) is 29.1. The first-order valence-electron chi connectivity index (χ1n) is 18.2. The fourth-order valence-electron chi connectivity index (χ4n) is 8.03. The molecule has 0 saturated heterocycles. The minimum atomic E-state index is 0.587. The van der Waals surface area contributed by atoms with E-state index in [-0.39, 0.29) is 0 Å². The van der Waals surface area contributed by atoms with Gasteiger partial charge in [-0.2, -0.15) is 9.97 Å². The molecule has 3 aromatic heterocycles. The number of para-hydroxylation sites is 2. The lowest BCUT2D eigenvalue weighted by Crippen LogP contribution is -2.06. The summed E-state index contributed by atoms with van der Waals surface area (Å²) < 4.78 is 4.61. The van der Waals surface area contributed by atoms with Crippen molar-refractivity contribution in [3.05, 3.63) is 188 Å². The molecule has 11 aromatic rings. The third-order valence-electron chi connectivity index (χ3n) is 10.5. The van der Waals surface area contributed by atoms with E-state index in [1.165, 1.54) is 38.3 Å². The fourth-order valence-corrected chi connectivity index (χ4v) is 8.03. The summed E-state index contributed by atoms with van der Waals surface area (Å²) in [5.41, 5.74) is 9.87. The highest BCUT2D eigenvalue weighted by Crippen LogP contribution is 2.39. The topological polar surface area (TPSA) is 48.5 Å². The van der Waals surface area contributed by atoms with Crippen molar-refractivity contribution in [2.45, 2.75) is 0 Å². The molecule has 0 amide bonds. The molecule has 8 aromatic carbocycles. The second-order valence-corrected chi connectivity index (χ2v) is 13.7. The van der Waals surface area contributed by atoms with Crippen LogP contribution in [0.3, 0.4) is 0 Å². The number of hydrogen-bond donors (Lipinski definition) is 0. The van der Waals surface area contributed by atoms with E-state index in [9.17, 15) is 0 Å². The van der Waals surface area contributed by atoms with Crippen molar-refractivity contribution in [1.29, 1.82) is 0 Å². The van der Waals surface area contributed by atoms with Crippen molar-refractivity contribution in [1.82, 2.24) is 24.1 Å². The Labute approximate surface area is 311 Å². The monoisotopic (exact) mass is 689 g/mol. The summed E-state index contributed by atoms with van der Waals surface area (Å²) in [6.07, 6.45) is 0. The van der Waals surface area contributed by atoms with Gasteiger partial charge in [0, 0.05) is 38.4 Å². The van der Waals surface area contributed by atoms with E-state index >= 15 is 0 Å². The number of hydrogen-bond acceptors (Lipinski definition) is 3. The van der Waals surface area contributed by atoms with Crippen LogP contribution in [0.25, 0.3) is 99.9 Å². The van der Waals surface area contributed by atoms with Crippen molar-refractivity contribution in [3.8, 4) is 45.5 Å². The third-order valence-corrected chi connectivity index (χ3v) is 10.5. The van der Waals surface area contributed by atoms with Gasteiger partial charge in [-0.3, -0.25) is 4.57 Å². The van der Waals surface area contributed by atoms with Crippen LogP contribution in [0.1, 0.15) is 0 Å². The van der Waals surface area contributed by atoms with E-state index in [0.717, 1.165) is 44.0 Å². The Bertz CT molecular complexity index is 3140. The average molecular weight is 690 g/mol. The van der Waals surface area contributed by atoms with Crippen LogP contribution in [-0.4, -0.2) is 24.1 Å². The minimum Gasteiger partial charge on any atom is -0.309 e. The van der Waals surface area contributed by atoms with Crippen LogP contribution in [0.5, 0.6) is 0 Å². The lowest BCUT2D eigenvalue weighted by Gasteiger charge is -2.12. The van der Waals surface area contributed by atoms with Gasteiger partial charge in [0.2, 0.25) is 5.95 Å². The Morgan fingerprint density at radius 2 is 0.759 bits per heavy atom. The molecule has 11 rings (SSSR count). The molecular weight excluding hydrogens is 659 g/mol. The number of fused-ring (bicyclic) bond motifs is 7. The van der Waals surface area contributed by atoms with E-state index in [1.807, 2.05) is 60.7 Å². The van der Waals surface area contributed by atoms with Crippen molar-refractivity contribution >= 4 is 54.4 Å². The summed E-state index contributed by atoms with van der Waals surface area (Å²) in [4.78, 5) is 15.3. The van der Waals surface area contributed by atoms with E-state index in [1.54, 1.807) is 0 Å². The number of nitrogens with zero attached hydrogens (tertiary/aromatic N) is 5. The first-order valence-corrected chi connectivity index (χ1v) is 18.2. The van der Waals surface area contributed by atoms with Crippen LogP contribution < -0.4 is 0 Å². The van der Waals surface area contributed by atoms with Crippen LogP contribution in [0.4, 0.5) is 0 Å². The zero-order chi connectivity index (χ0) is 35.6. The highest BCUT2D eigenvalue weighted by Gasteiger charge is 2.20. The standard InChI is InChI=1S/C49H31N5/c1-4-15-32(16-5-1)35-21-14-22-38(27-35)53-43-25-12-10-23-39(43)41-28-37-31-46-42(29-36(37)30-45(41)53)40-24-11-13-26-44(40)54(46)49-51-47(33-17-6-2-7-18-33)50-48(52-49)34-19-8-3-9-20-34/h1-31H. The summed E-state index contributed by atoms with van der Waals surface area (Å²) in [5.74, 6) is 1.86. The van der Waals surface area contributed by atoms with E-state index in [4.69, 9.17) is 15.0 Å². The maximum atomic E-state index is 5.15. The second-order valence-electron chi connectivity index (χ2n) is 13.7. The van der Waals surface area contributed by atoms with Gasteiger partial charge in [-0.25, -0.2) is 4.98 Å². The Hall–Kier alpha value is -7.37. The molecule has 0 fully saturated rings. The predicted octanol–water partition coefficient (Wildman–Crippen LogP) is 12.2. The first-order chi connectivity index (χ1) is 26.8. The zero-order valence-corrected chi connectivity index (χ0v) is 29.1. The molecule has 54 heavy (non-hydrogen) atoms. The highest BCUT2D eigenvalue weighted by molar-refractivity contribution is 6.18. The molecule has 0 unspecified atom stereocenters. The maximum Gasteiger partial charge on any atom is 0.238 e. The lowest BCUT2D eigenvalue weighted by atomic mass is 10.0. The van der Waals surface area contributed by atoms with Gasteiger partial charge >= 0.3 is 0 Å². The minimum absolute atomic E-state index is 0.587.